The largest absolute Gasteiger partial charge is 0.198 e. The lowest BCUT2D eigenvalue weighted by Gasteiger charge is -2.09. The highest BCUT2D eigenvalue weighted by molar-refractivity contribution is 6.30. The molecule has 92 valence electrons. The fourth-order valence-corrected chi connectivity index (χ4v) is 2.01. The molecule has 0 aliphatic heterocycles. The van der Waals surface area contributed by atoms with Crippen LogP contribution in [0.2, 0.25) is 5.02 Å². The number of nitriles is 2. The smallest absolute Gasteiger partial charge is 0.0991 e. The van der Waals surface area contributed by atoms with Gasteiger partial charge in [0, 0.05) is 5.02 Å². The van der Waals surface area contributed by atoms with Gasteiger partial charge in [-0.1, -0.05) is 35.9 Å². The van der Waals surface area contributed by atoms with Crippen LogP contribution in [0.15, 0.2) is 48.5 Å². The average Bonchev–Trinajstić information content (AvgIpc) is 2.46. The second kappa shape index (κ2) is 6.05. The van der Waals surface area contributed by atoms with Crippen LogP contribution in [-0.2, 0) is 6.42 Å². The molecule has 3 heteroatoms. The minimum atomic E-state index is -0.204. The highest BCUT2D eigenvalue weighted by Crippen LogP contribution is 2.22. The molecule has 2 rings (SSSR count). The standard InChI is InChI=1S/C16H11ClN2/c17-16-7-5-14(6-8-16)15(11-19)9-12-1-3-13(10-18)4-2-12/h1-8,15H,9H2. The predicted molar refractivity (Wildman–Crippen MR) is 74.7 cm³/mol. The number of benzene rings is 2. The molecule has 0 saturated carbocycles. The molecule has 0 heterocycles. The lowest BCUT2D eigenvalue weighted by atomic mass is 9.93. The van der Waals surface area contributed by atoms with Gasteiger partial charge in [0.2, 0.25) is 0 Å². The van der Waals surface area contributed by atoms with E-state index in [0.29, 0.717) is 17.0 Å². The molecule has 1 unspecified atom stereocenters. The second-order valence-corrected chi connectivity index (χ2v) is 4.68. The zero-order valence-corrected chi connectivity index (χ0v) is 10.9. The molecular formula is C16H11ClN2. The highest BCUT2D eigenvalue weighted by atomic mass is 35.5. The Morgan fingerprint density at radius 2 is 1.58 bits per heavy atom. The lowest BCUT2D eigenvalue weighted by Crippen LogP contribution is -2.00. The zero-order chi connectivity index (χ0) is 13.7. The van der Waals surface area contributed by atoms with Crippen LogP contribution in [0.25, 0.3) is 0 Å². The predicted octanol–water partition coefficient (Wildman–Crippen LogP) is 4.06. The molecule has 0 aliphatic carbocycles. The Morgan fingerprint density at radius 3 is 2.11 bits per heavy atom. The first-order valence-electron chi connectivity index (χ1n) is 5.87. The monoisotopic (exact) mass is 266 g/mol. The molecule has 0 aromatic heterocycles. The van der Waals surface area contributed by atoms with Crippen LogP contribution in [0, 0.1) is 22.7 Å². The van der Waals surface area contributed by atoms with Crippen molar-refractivity contribution in [2.45, 2.75) is 12.3 Å². The van der Waals surface area contributed by atoms with Gasteiger partial charge in [-0.05, 0) is 41.8 Å². The number of hydrogen-bond donors (Lipinski definition) is 0. The van der Waals surface area contributed by atoms with Gasteiger partial charge in [0.1, 0.15) is 0 Å². The SMILES string of the molecule is N#Cc1ccc(CC(C#N)c2ccc(Cl)cc2)cc1. The van der Waals surface area contributed by atoms with Crippen molar-refractivity contribution in [2.75, 3.05) is 0 Å². The van der Waals surface area contributed by atoms with E-state index in [4.69, 9.17) is 16.9 Å². The molecule has 0 radical (unpaired) electrons. The molecule has 0 aliphatic rings. The molecule has 19 heavy (non-hydrogen) atoms. The Balaban J connectivity index is 2.17. The van der Waals surface area contributed by atoms with Gasteiger partial charge in [0.25, 0.3) is 0 Å². The van der Waals surface area contributed by atoms with Crippen molar-refractivity contribution in [1.82, 2.24) is 0 Å². The number of hydrogen-bond acceptors (Lipinski definition) is 2. The quantitative estimate of drug-likeness (QED) is 0.841. The molecule has 2 aromatic carbocycles. The third kappa shape index (κ3) is 3.35. The first kappa shape index (κ1) is 13.1. The zero-order valence-electron chi connectivity index (χ0n) is 10.2. The van der Waals surface area contributed by atoms with Crippen molar-refractivity contribution in [3.8, 4) is 12.1 Å². The van der Waals surface area contributed by atoms with E-state index in [0.717, 1.165) is 11.1 Å². The van der Waals surface area contributed by atoms with Gasteiger partial charge in [0.05, 0.1) is 23.6 Å². The van der Waals surface area contributed by atoms with E-state index < -0.39 is 0 Å². The van der Waals surface area contributed by atoms with Gasteiger partial charge in [-0.3, -0.25) is 0 Å². The van der Waals surface area contributed by atoms with Crippen LogP contribution in [-0.4, -0.2) is 0 Å². The Kier molecular flexibility index (Phi) is 4.18. The third-order valence-electron chi connectivity index (χ3n) is 2.95. The van der Waals surface area contributed by atoms with E-state index >= 15 is 0 Å². The van der Waals surface area contributed by atoms with Gasteiger partial charge >= 0.3 is 0 Å². The summed E-state index contributed by atoms with van der Waals surface area (Å²) in [4.78, 5) is 0. The summed E-state index contributed by atoms with van der Waals surface area (Å²) in [6.07, 6.45) is 0.629. The Labute approximate surface area is 117 Å². The molecule has 0 amide bonds. The number of halogens is 1. The van der Waals surface area contributed by atoms with Crippen LogP contribution in [0.4, 0.5) is 0 Å². The van der Waals surface area contributed by atoms with Crippen molar-refractivity contribution in [2.24, 2.45) is 0 Å². The summed E-state index contributed by atoms with van der Waals surface area (Å²) in [5, 5.41) is 18.7. The number of rotatable bonds is 3. The van der Waals surface area contributed by atoms with E-state index in [1.165, 1.54) is 0 Å². The molecule has 0 fully saturated rings. The maximum absolute atomic E-state index is 9.28. The fourth-order valence-electron chi connectivity index (χ4n) is 1.88. The Morgan fingerprint density at radius 1 is 0.947 bits per heavy atom. The van der Waals surface area contributed by atoms with Gasteiger partial charge in [-0.15, -0.1) is 0 Å². The van der Waals surface area contributed by atoms with Crippen molar-refractivity contribution >= 4 is 11.6 Å². The first-order chi connectivity index (χ1) is 9.22. The van der Waals surface area contributed by atoms with Crippen molar-refractivity contribution < 1.29 is 0 Å². The Bertz CT molecular complexity index is 630. The van der Waals surface area contributed by atoms with Gasteiger partial charge in [-0.2, -0.15) is 10.5 Å². The van der Waals surface area contributed by atoms with Gasteiger partial charge in [0.15, 0.2) is 0 Å². The van der Waals surface area contributed by atoms with Gasteiger partial charge in [-0.25, -0.2) is 0 Å². The van der Waals surface area contributed by atoms with E-state index in [-0.39, 0.29) is 5.92 Å². The topological polar surface area (TPSA) is 47.6 Å². The van der Waals surface area contributed by atoms with E-state index in [1.54, 1.807) is 24.3 Å². The summed E-state index contributed by atoms with van der Waals surface area (Å²) < 4.78 is 0. The minimum absolute atomic E-state index is 0.204. The summed E-state index contributed by atoms with van der Waals surface area (Å²) in [5.41, 5.74) is 2.63. The summed E-state index contributed by atoms with van der Waals surface area (Å²) >= 11 is 5.84. The molecule has 2 aromatic rings. The van der Waals surface area contributed by atoms with E-state index in [9.17, 15) is 5.26 Å². The molecular weight excluding hydrogens is 256 g/mol. The normalized spacial score (nSPS) is 11.3. The highest BCUT2D eigenvalue weighted by Gasteiger charge is 2.11. The summed E-state index contributed by atoms with van der Waals surface area (Å²) in [5.74, 6) is -0.204. The van der Waals surface area contributed by atoms with Crippen LogP contribution in [0.5, 0.6) is 0 Å². The molecule has 1 atom stereocenters. The molecule has 0 saturated heterocycles. The molecule has 0 bridgehead atoms. The maximum atomic E-state index is 9.28. The molecule has 2 nitrogen and oxygen atoms in total. The molecule has 0 spiro atoms. The second-order valence-electron chi connectivity index (χ2n) is 4.25. The van der Waals surface area contributed by atoms with E-state index in [1.807, 2.05) is 24.3 Å². The average molecular weight is 267 g/mol. The first-order valence-corrected chi connectivity index (χ1v) is 6.25. The maximum Gasteiger partial charge on any atom is 0.0991 e. The van der Waals surface area contributed by atoms with Crippen LogP contribution in [0.1, 0.15) is 22.6 Å². The van der Waals surface area contributed by atoms with Crippen molar-refractivity contribution in [3.63, 3.8) is 0 Å². The summed E-state index contributed by atoms with van der Waals surface area (Å²) in [7, 11) is 0. The minimum Gasteiger partial charge on any atom is -0.198 e. The van der Waals surface area contributed by atoms with Crippen molar-refractivity contribution in [1.29, 1.82) is 10.5 Å². The van der Waals surface area contributed by atoms with Crippen molar-refractivity contribution in [3.05, 3.63) is 70.2 Å². The summed E-state index contributed by atoms with van der Waals surface area (Å²) in [6.45, 7) is 0. The molecule has 0 N–H and O–H groups in total. The fraction of sp³-hybridized carbons (Fsp3) is 0.125. The lowest BCUT2D eigenvalue weighted by molar-refractivity contribution is 0.849. The van der Waals surface area contributed by atoms with E-state index in [2.05, 4.69) is 12.1 Å². The van der Waals surface area contributed by atoms with Crippen LogP contribution >= 0.6 is 11.6 Å². The van der Waals surface area contributed by atoms with Crippen LogP contribution < -0.4 is 0 Å². The Hall–Kier alpha value is -2.29. The summed E-state index contributed by atoms with van der Waals surface area (Å²) in [6, 6.07) is 19.0. The number of nitrogens with zero attached hydrogens (tertiary/aromatic N) is 2. The third-order valence-corrected chi connectivity index (χ3v) is 3.20. The van der Waals surface area contributed by atoms with Gasteiger partial charge < -0.3 is 0 Å². The van der Waals surface area contributed by atoms with Crippen LogP contribution in [0.3, 0.4) is 0 Å².